The molecule has 0 spiro atoms. The molecule has 0 heterocycles. The monoisotopic (exact) mass is 217 g/mol. The molecule has 5 heteroatoms. The minimum Gasteiger partial charge on any atom is -0.481 e. The standard InChI is InChI=1S/C10H19NO4/c1-3-10(2,7-12)11-8(13)5-4-6-9(14)15/h12H,3-7H2,1-2H3,(H,11,13)(H,14,15). The van der Waals surface area contributed by atoms with Crippen LogP contribution in [0.4, 0.5) is 0 Å². The van der Waals surface area contributed by atoms with Gasteiger partial charge in [-0.1, -0.05) is 6.92 Å². The number of hydrogen-bond donors (Lipinski definition) is 3. The Morgan fingerprint density at radius 3 is 2.33 bits per heavy atom. The van der Waals surface area contributed by atoms with Gasteiger partial charge in [0.2, 0.25) is 5.91 Å². The number of rotatable bonds is 7. The van der Waals surface area contributed by atoms with Gasteiger partial charge in [0.25, 0.3) is 0 Å². The van der Waals surface area contributed by atoms with Gasteiger partial charge in [0.05, 0.1) is 12.1 Å². The molecule has 5 nitrogen and oxygen atoms in total. The molecule has 0 saturated heterocycles. The van der Waals surface area contributed by atoms with E-state index in [9.17, 15) is 9.59 Å². The molecule has 0 radical (unpaired) electrons. The van der Waals surface area contributed by atoms with Gasteiger partial charge < -0.3 is 15.5 Å². The van der Waals surface area contributed by atoms with Crippen molar-refractivity contribution in [3.8, 4) is 0 Å². The van der Waals surface area contributed by atoms with Crippen molar-refractivity contribution < 1.29 is 19.8 Å². The van der Waals surface area contributed by atoms with Crippen LogP contribution in [0.3, 0.4) is 0 Å². The van der Waals surface area contributed by atoms with Crippen molar-refractivity contribution in [3.63, 3.8) is 0 Å². The van der Waals surface area contributed by atoms with E-state index >= 15 is 0 Å². The van der Waals surface area contributed by atoms with E-state index in [-0.39, 0.29) is 25.4 Å². The van der Waals surface area contributed by atoms with Crippen LogP contribution in [0.2, 0.25) is 0 Å². The second-order valence-electron chi connectivity index (χ2n) is 3.87. The lowest BCUT2D eigenvalue weighted by atomic mass is 10.00. The molecule has 0 fully saturated rings. The first-order valence-electron chi connectivity index (χ1n) is 5.07. The van der Waals surface area contributed by atoms with Gasteiger partial charge in [0, 0.05) is 12.8 Å². The zero-order valence-corrected chi connectivity index (χ0v) is 9.25. The van der Waals surface area contributed by atoms with Crippen LogP contribution in [0.25, 0.3) is 0 Å². The Hall–Kier alpha value is -1.10. The Balaban J connectivity index is 3.87. The molecule has 1 atom stereocenters. The average Bonchev–Trinajstić information content (AvgIpc) is 2.17. The van der Waals surface area contributed by atoms with Crippen LogP contribution in [0, 0.1) is 0 Å². The molecule has 0 aliphatic heterocycles. The summed E-state index contributed by atoms with van der Waals surface area (Å²) in [5.74, 6) is -1.11. The van der Waals surface area contributed by atoms with E-state index in [0.717, 1.165) is 0 Å². The Morgan fingerprint density at radius 1 is 1.33 bits per heavy atom. The van der Waals surface area contributed by atoms with Crippen LogP contribution in [0.1, 0.15) is 39.5 Å². The van der Waals surface area contributed by atoms with E-state index in [0.29, 0.717) is 12.8 Å². The predicted octanol–water partition coefficient (Wildman–Crippen LogP) is 0.518. The first-order chi connectivity index (χ1) is 6.93. The van der Waals surface area contributed by atoms with Crippen LogP contribution in [-0.2, 0) is 9.59 Å². The largest absolute Gasteiger partial charge is 0.481 e. The van der Waals surface area contributed by atoms with Gasteiger partial charge >= 0.3 is 5.97 Å². The molecule has 88 valence electrons. The maximum atomic E-state index is 11.3. The molecule has 15 heavy (non-hydrogen) atoms. The zero-order chi connectivity index (χ0) is 11.9. The molecule has 0 rings (SSSR count). The predicted molar refractivity (Wildman–Crippen MR) is 55.4 cm³/mol. The molecule has 0 aromatic carbocycles. The summed E-state index contributed by atoms with van der Waals surface area (Å²) in [7, 11) is 0. The number of nitrogens with one attached hydrogen (secondary N) is 1. The van der Waals surface area contributed by atoms with E-state index in [1.165, 1.54) is 0 Å². The van der Waals surface area contributed by atoms with Gasteiger partial charge in [-0.05, 0) is 19.8 Å². The number of aliphatic hydroxyl groups is 1. The van der Waals surface area contributed by atoms with Gasteiger partial charge in [-0.15, -0.1) is 0 Å². The number of aliphatic carboxylic acids is 1. The third kappa shape index (κ3) is 6.06. The number of carboxylic acid groups (broad SMARTS) is 1. The Bertz CT molecular complexity index is 223. The molecule has 3 N–H and O–H groups in total. The molecule has 0 aromatic rings. The fraction of sp³-hybridized carbons (Fsp3) is 0.800. The molecule has 1 amide bonds. The maximum Gasteiger partial charge on any atom is 0.303 e. The van der Waals surface area contributed by atoms with Crippen LogP contribution in [-0.4, -0.2) is 34.2 Å². The second-order valence-corrected chi connectivity index (χ2v) is 3.87. The highest BCUT2D eigenvalue weighted by Crippen LogP contribution is 2.08. The van der Waals surface area contributed by atoms with Gasteiger partial charge in [0.15, 0.2) is 0 Å². The van der Waals surface area contributed by atoms with E-state index < -0.39 is 11.5 Å². The Labute approximate surface area is 89.5 Å². The zero-order valence-electron chi connectivity index (χ0n) is 9.25. The Morgan fingerprint density at radius 2 is 1.93 bits per heavy atom. The number of carbonyl (C=O) groups excluding carboxylic acids is 1. The molecular weight excluding hydrogens is 198 g/mol. The van der Waals surface area contributed by atoms with Crippen molar-refractivity contribution in [2.24, 2.45) is 0 Å². The molecule has 0 aliphatic carbocycles. The van der Waals surface area contributed by atoms with Crippen molar-refractivity contribution in [1.82, 2.24) is 5.32 Å². The van der Waals surface area contributed by atoms with Gasteiger partial charge in [0.1, 0.15) is 0 Å². The fourth-order valence-corrected chi connectivity index (χ4v) is 1.04. The number of aliphatic hydroxyl groups excluding tert-OH is 1. The van der Waals surface area contributed by atoms with Crippen LogP contribution in [0.5, 0.6) is 0 Å². The molecule has 1 unspecified atom stereocenters. The molecule has 0 bridgehead atoms. The third-order valence-corrected chi connectivity index (χ3v) is 2.36. The Kier molecular flexibility index (Phi) is 5.93. The summed E-state index contributed by atoms with van der Waals surface area (Å²) in [6.45, 7) is 3.50. The van der Waals surface area contributed by atoms with Crippen LogP contribution in [0.15, 0.2) is 0 Å². The summed E-state index contributed by atoms with van der Waals surface area (Å²) >= 11 is 0. The van der Waals surface area contributed by atoms with Gasteiger partial charge in [-0.2, -0.15) is 0 Å². The summed E-state index contributed by atoms with van der Waals surface area (Å²) < 4.78 is 0. The third-order valence-electron chi connectivity index (χ3n) is 2.36. The SMILES string of the molecule is CCC(C)(CO)NC(=O)CCCC(=O)O. The van der Waals surface area contributed by atoms with Crippen LogP contribution < -0.4 is 5.32 Å². The summed E-state index contributed by atoms with van der Waals surface area (Å²) in [6, 6.07) is 0. The van der Waals surface area contributed by atoms with Gasteiger partial charge in [-0.25, -0.2) is 0 Å². The lowest BCUT2D eigenvalue weighted by Gasteiger charge is -2.27. The summed E-state index contributed by atoms with van der Waals surface area (Å²) in [6.07, 6.45) is 1.14. The van der Waals surface area contributed by atoms with Crippen molar-refractivity contribution in [2.75, 3.05) is 6.61 Å². The number of amides is 1. The van der Waals surface area contributed by atoms with Crippen molar-refractivity contribution in [1.29, 1.82) is 0 Å². The lowest BCUT2D eigenvalue weighted by molar-refractivity contribution is -0.137. The topological polar surface area (TPSA) is 86.6 Å². The smallest absolute Gasteiger partial charge is 0.303 e. The first-order valence-corrected chi connectivity index (χ1v) is 5.07. The number of carboxylic acids is 1. The summed E-state index contributed by atoms with van der Waals surface area (Å²) in [5.41, 5.74) is -0.597. The van der Waals surface area contributed by atoms with E-state index in [2.05, 4.69) is 5.32 Å². The quantitative estimate of drug-likeness (QED) is 0.580. The number of hydrogen-bond acceptors (Lipinski definition) is 3. The van der Waals surface area contributed by atoms with E-state index in [1.54, 1.807) is 6.92 Å². The normalized spacial score (nSPS) is 14.3. The highest BCUT2D eigenvalue weighted by Gasteiger charge is 2.22. The molecular formula is C10H19NO4. The number of carbonyl (C=O) groups is 2. The van der Waals surface area contributed by atoms with Crippen LogP contribution >= 0.6 is 0 Å². The van der Waals surface area contributed by atoms with Crippen molar-refractivity contribution >= 4 is 11.9 Å². The second kappa shape index (κ2) is 6.40. The highest BCUT2D eigenvalue weighted by atomic mass is 16.4. The highest BCUT2D eigenvalue weighted by molar-refractivity contribution is 5.77. The summed E-state index contributed by atoms with van der Waals surface area (Å²) in [4.78, 5) is 21.5. The van der Waals surface area contributed by atoms with Crippen molar-refractivity contribution in [3.05, 3.63) is 0 Å². The molecule has 0 aliphatic rings. The fourth-order valence-electron chi connectivity index (χ4n) is 1.04. The molecule has 0 aromatic heterocycles. The van der Waals surface area contributed by atoms with E-state index in [4.69, 9.17) is 10.2 Å². The average molecular weight is 217 g/mol. The molecule has 0 saturated carbocycles. The van der Waals surface area contributed by atoms with Crippen molar-refractivity contribution in [2.45, 2.75) is 45.1 Å². The maximum absolute atomic E-state index is 11.3. The minimum atomic E-state index is -0.900. The first kappa shape index (κ1) is 13.9. The lowest BCUT2D eigenvalue weighted by Crippen LogP contribution is -2.48. The minimum absolute atomic E-state index is 0.00458. The van der Waals surface area contributed by atoms with E-state index in [1.807, 2.05) is 6.92 Å². The van der Waals surface area contributed by atoms with Gasteiger partial charge in [-0.3, -0.25) is 9.59 Å². The summed E-state index contributed by atoms with van der Waals surface area (Å²) in [5, 5.41) is 20.1.